The fourth-order valence-electron chi connectivity index (χ4n) is 1.75. The maximum Gasteiger partial charge on any atom is 0.316 e. The quantitative estimate of drug-likeness (QED) is 0.818. The van der Waals surface area contributed by atoms with Crippen molar-refractivity contribution in [1.82, 2.24) is 4.98 Å². The van der Waals surface area contributed by atoms with Gasteiger partial charge < -0.3 is 10.5 Å². The predicted molar refractivity (Wildman–Crippen MR) is 83.5 cm³/mol. The van der Waals surface area contributed by atoms with Gasteiger partial charge in [0, 0.05) is 23.7 Å². The molecule has 0 radical (unpaired) electrons. The van der Waals surface area contributed by atoms with E-state index in [4.69, 9.17) is 10.5 Å². The van der Waals surface area contributed by atoms with E-state index in [0.29, 0.717) is 5.75 Å². The van der Waals surface area contributed by atoms with Gasteiger partial charge >= 0.3 is 5.97 Å². The topological polar surface area (TPSA) is 65.2 Å². The molecule has 0 aliphatic rings. The maximum absolute atomic E-state index is 11.8. The summed E-state index contributed by atoms with van der Waals surface area (Å²) in [5.41, 5.74) is 6.76. The molecule has 0 bridgehead atoms. The molecule has 2 atom stereocenters. The van der Waals surface area contributed by atoms with E-state index >= 15 is 0 Å². The van der Waals surface area contributed by atoms with Gasteiger partial charge in [0.25, 0.3) is 0 Å². The second-order valence-corrected chi connectivity index (χ2v) is 6.81. The van der Waals surface area contributed by atoms with E-state index in [1.807, 2.05) is 46.0 Å². The first-order valence-corrected chi connectivity index (χ1v) is 7.87. The van der Waals surface area contributed by atoms with Crippen molar-refractivity contribution in [3.8, 4) is 0 Å². The number of thioether (sulfide) groups is 1. The number of carbonyl (C=O) groups is 1. The van der Waals surface area contributed by atoms with Gasteiger partial charge in [-0.1, -0.05) is 13.0 Å². The molecule has 112 valence electrons. The van der Waals surface area contributed by atoms with Gasteiger partial charge in [0.15, 0.2) is 0 Å². The molecule has 0 saturated carbocycles. The van der Waals surface area contributed by atoms with Gasteiger partial charge in [0.1, 0.15) is 5.60 Å². The van der Waals surface area contributed by atoms with Crippen molar-refractivity contribution < 1.29 is 9.53 Å². The summed E-state index contributed by atoms with van der Waals surface area (Å²) in [6.07, 6.45) is 4.39. The van der Waals surface area contributed by atoms with Gasteiger partial charge in [0.2, 0.25) is 0 Å². The van der Waals surface area contributed by atoms with Crippen LogP contribution in [-0.2, 0) is 9.53 Å². The first-order chi connectivity index (χ1) is 9.33. The Morgan fingerprint density at radius 3 is 2.70 bits per heavy atom. The lowest BCUT2D eigenvalue weighted by atomic mass is 10.1. The summed E-state index contributed by atoms with van der Waals surface area (Å²) in [6.45, 7) is 7.64. The lowest BCUT2D eigenvalue weighted by Crippen LogP contribution is -2.28. The highest BCUT2D eigenvalue weighted by Gasteiger charge is 2.22. The summed E-state index contributed by atoms with van der Waals surface area (Å²) in [7, 11) is 0. The van der Waals surface area contributed by atoms with E-state index in [9.17, 15) is 4.79 Å². The molecule has 0 aliphatic carbocycles. The molecule has 1 aromatic rings. The van der Waals surface area contributed by atoms with Crippen LogP contribution in [0.2, 0.25) is 0 Å². The molecule has 0 aromatic carbocycles. The van der Waals surface area contributed by atoms with Crippen LogP contribution in [0.3, 0.4) is 0 Å². The summed E-state index contributed by atoms with van der Waals surface area (Å²) in [6, 6.07) is 3.88. The minimum atomic E-state index is -0.450. The molecule has 5 heteroatoms. The summed E-state index contributed by atoms with van der Waals surface area (Å²) < 4.78 is 5.32. The zero-order valence-corrected chi connectivity index (χ0v) is 13.4. The Morgan fingerprint density at radius 2 is 2.20 bits per heavy atom. The van der Waals surface area contributed by atoms with E-state index in [0.717, 1.165) is 12.0 Å². The number of aromatic nitrogens is 1. The third kappa shape index (κ3) is 5.92. The Bertz CT molecular complexity index is 418. The summed E-state index contributed by atoms with van der Waals surface area (Å²) in [4.78, 5) is 15.9. The highest BCUT2D eigenvalue weighted by molar-refractivity contribution is 8.00. The van der Waals surface area contributed by atoms with E-state index in [2.05, 4.69) is 4.98 Å². The number of nitrogens with two attached hydrogens (primary N) is 1. The molecule has 0 spiro atoms. The molecule has 1 aromatic heterocycles. The number of rotatable bonds is 6. The van der Waals surface area contributed by atoms with Crippen molar-refractivity contribution in [3.05, 3.63) is 30.1 Å². The lowest BCUT2D eigenvalue weighted by Gasteiger charge is -2.24. The number of ether oxygens (including phenoxy) is 1. The molecule has 2 unspecified atom stereocenters. The molecule has 2 N–H and O–H groups in total. The van der Waals surface area contributed by atoms with Crippen molar-refractivity contribution in [2.24, 2.45) is 5.73 Å². The molecule has 1 heterocycles. The van der Waals surface area contributed by atoms with Crippen LogP contribution >= 0.6 is 11.8 Å². The van der Waals surface area contributed by atoms with Gasteiger partial charge in [-0.3, -0.25) is 9.78 Å². The number of esters is 1. The smallest absolute Gasteiger partial charge is 0.316 e. The molecular weight excluding hydrogens is 272 g/mol. The molecule has 0 saturated heterocycles. The summed E-state index contributed by atoms with van der Waals surface area (Å²) >= 11 is 1.52. The lowest BCUT2D eigenvalue weighted by molar-refractivity contribution is -0.151. The molecule has 20 heavy (non-hydrogen) atoms. The van der Waals surface area contributed by atoms with Crippen molar-refractivity contribution in [1.29, 1.82) is 0 Å². The number of pyridine rings is 1. The molecule has 4 nitrogen and oxygen atoms in total. The third-order valence-electron chi connectivity index (χ3n) is 2.67. The average Bonchev–Trinajstić information content (AvgIpc) is 2.37. The van der Waals surface area contributed by atoms with Crippen LogP contribution in [0, 0.1) is 0 Å². The minimum absolute atomic E-state index is 0.00774. The second kappa shape index (κ2) is 7.64. The normalized spacial score (nSPS) is 14.7. The fourth-order valence-corrected chi connectivity index (χ4v) is 2.90. The highest BCUT2D eigenvalue weighted by atomic mass is 32.2. The van der Waals surface area contributed by atoms with Gasteiger partial charge in [0.05, 0.1) is 5.75 Å². The monoisotopic (exact) mass is 296 g/mol. The van der Waals surface area contributed by atoms with E-state index in [1.54, 1.807) is 6.20 Å². The minimum Gasteiger partial charge on any atom is -0.459 e. The highest BCUT2D eigenvalue weighted by Crippen LogP contribution is 2.32. The van der Waals surface area contributed by atoms with E-state index < -0.39 is 5.60 Å². The Kier molecular flexibility index (Phi) is 6.49. The fraction of sp³-hybridized carbons (Fsp3) is 0.600. The van der Waals surface area contributed by atoms with Crippen molar-refractivity contribution >= 4 is 17.7 Å². The molecule has 0 amide bonds. The average molecular weight is 296 g/mol. The second-order valence-electron chi connectivity index (χ2n) is 5.68. The zero-order valence-electron chi connectivity index (χ0n) is 12.6. The Hall–Kier alpha value is -1.07. The zero-order chi connectivity index (χ0) is 15.2. The largest absolute Gasteiger partial charge is 0.459 e. The van der Waals surface area contributed by atoms with Crippen LogP contribution in [0.5, 0.6) is 0 Å². The molecule has 0 fully saturated rings. The van der Waals surface area contributed by atoms with Crippen molar-refractivity contribution in [2.75, 3.05) is 5.75 Å². The van der Waals surface area contributed by atoms with E-state index in [-0.39, 0.29) is 17.3 Å². The van der Waals surface area contributed by atoms with Gasteiger partial charge in [-0.15, -0.1) is 11.8 Å². The van der Waals surface area contributed by atoms with Crippen molar-refractivity contribution in [2.45, 2.75) is 51.0 Å². The van der Waals surface area contributed by atoms with Gasteiger partial charge in [-0.2, -0.15) is 0 Å². The number of hydrogen-bond acceptors (Lipinski definition) is 5. The Balaban J connectivity index is 2.66. The first-order valence-electron chi connectivity index (χ1n) is 6.82. The SMILES string of the molecule is CCC(N)C(SCC(=O)OC(C)(C)C)c1cccnc1. The molecular formula is C15H24N2O2S. The van der Waals surface area contributed by atoms with Crippen LogP contribution in [0.1, 0.15) is 44.9 Å². The summed E-state index contributed by atoms with van der Waals surface area (Å²) in [5.74, 6) is 0.0875. The molecule has 0 aliphatic heterocycles. The van der Waals surface area contributed by atoms with Gasteiger partial charge in [-0.05, 0) is 38.8 Å². The van der Waals surface area contributed by atoms with E-state index in [1.165, 1.54) is 11.8 Å². The van der Waals surface area contributed by atoms with Crippen molar-refractivity contribution in [3.63, 3.8) is 0 Å². The molecule has 1 rings (SSSR count). The number of carbonyl (C=O) groups excluding carboxylic acids is 1. The van der Waals surface area contributed by atoms with Crippen LogP contribution in [-0.4, -0.2) is 28.3 Å². The number of nitrogens with zero attached hydrogens (tertiary/aromatic N) is 1. The van der Waals surface area contributed by atoms with Crippen LogP contribution in [0.15, 0.2) is 24.5 Å². The Labute approximate surface area is 125 Å². The predicted octanol–water partition coefficient (Wildman–Crippen LogP) is 2.93. The van der Waals surface area contributed by atoms with Crippen LogP contribution in [0.25, 0.3) is 0 Å². The summed E-state index contributed by atoms with van der Waals surface area (Å²) in [5, 5.41) is 0.0567. The third-order valence-corrected chi connectivity index (χ3v) is 4.06. The first kappa shape index (κ1) is 17.0. The Morgan fingerprint density at radius 1 is 1.50 bits per heavy atom. The maximum atomic E-state index is 11.8. The van der Waals surface area contributed by atoms with Crippen LogP contribution < -0.4 is 5.73 Å². The van der Waals surface area contributed by atoms with Crippen LogP contribution in [0.4, 0.5) is 0 Å². The number of hydrogen-bond donors (Lipinski definition) is 1. The van der Waals surface area contributed by atoms with Gasteiger partial charge in [-0.25, -0.2) is 0 Å². The standard InChI is InChI=1S/C15H24N2O2S/c1-5-12(16)14(11-7-6-8-17-9-11)20-10-13(18)19-15(2,3)4/h6-9,12,14H,5,10,16H2,1-4H3.